The Morgan fingerprint density at radius 3 is 2.65 bits per heavy atom. The second-order valence-corrected chi connectivity index (χ2v) is 7.59. The molecule has 0 spiro atoms. The highest BCUT2D eigenvalue weighted by atomic mass is 35.5. The van der Waals surface area contributed by atoms with Crippen molar-refractivity contribution in [2.24, 2.45) is 5.73 Å². The third-order valence-electron chi connectivity index (χ3n) is 3.79. The van der Waals surface area contributed by atoms with E-state index in [1.54, 1.807) is 6.92 Å². The molecule has 0 bridgehead atoms. The molecule has 10 heteroatoms. The molecule has 1 saturated heterocycles. The molecule has 0 aromatic heterocycles. The summed E-state index contributed by atoms with van der Waals surface area (Å²) in [6.07, 6.45) is 2.33. The van der Waals surface area contributed by atoms with Crippen LogP contribution in [0.3, 0.4) is 0 Å². The van der Waals surface area contributed by atoms with Crippen molar-refractivity contribution >= 4 is 39.7 Å². The summed E-state index contributed by atoms with van der Waals surface area (Å²) in [5, 5.41) is 10.7. The summed E-state index contributed by atoms with van der Waals surface area (Å²) in [6.45, 7) is 2.16. The number of halogens is 2. The van der Waals surface area contributed by atoms with E-state index >= 15 is 0 Å². The van der Waals surface area contributed by atoms with E-state index in [4.69, 9.17) is 17.3 Å². The Morgan fingerprint density at radius 1 is 1.43 bits per heavy atom. The number of hydrogen-bond acceptors (Lipinski definition) is 5. The van der Waals surface area contributed by atoms with Crippen molar-refractivity contribution in [2.75, 3.05) is 13.1 Å². The number of benzene rings is 1. The second kappa shape index (κ2) is 7.76. The number of nitrogens with zero attached hydrogens (tertiary/aromatic N) is 2. The van der Waals surface area contributed by atoms with E-state index in [2.05, 4.69) is 0 Å². The van der Waals surface area contributed by atoms with Gasteiger partial charge in [0.05, 0.1) is 4.92 Å². The number of aryl methyl sites for hydroxylation is 1. The van der Waals surface area contributed by atoms with Crippen LogP contribution in [0, 0.1) is 17.0 Å². The predicted octanol–water partition coefficient (Wildman–Crippen LogP) is 2.48. The Balaban J connectivity index is 0.00000264. The van der Waals surface area contributed by atoms with E-state index in [1.807, 2.05) is 0 Å². The largest absolute Gasteiger partial charge is 0.329 e. The average Bonchev–Trinajstić information content (AvgIpc) is 2.48. The molecular weight excluding hydrogens is 365 g/mol. The summed E-state index contributed by atoms with van der Waals surface area (Å²) in [6, 6.07) is 2.33. The first-order chi connectivity index (χ1) is 10.3. The van der Waals surface area contributed by atoms with Gasteiger partial charge in [0.25, 0.3) is 5.69 Å². The van der Waals surface area contributed by atoms with Gasteiger partial charge in [-0.2, -0.15) is 4.31 Å². The normalized spacial score (nSPS) is 19.2. The van der Waals surface area contributed by atoms with Crippen molar-refractivity contribution in [3.63, 3.8) is 0 Å². The zero-order valence-electron chi connectivity index (χ0n) is 12.6. The molecule has 1 atom stereocenters. The van der Waals surface area contributed by atoms with Gasteiger partial charge in [0, 0.05) is 25.2 Å². The predicted molar refractivity (Wildman–Crippen MR) is 90.7 cm³/mol. The van der Waals surface area contributed by atoms with Crippen LogP contribution < -0.4 is 5.73 Å². The monoisotopic (exact) mass is 383 g/mol. The Bertz CT molecular complexity index is 697. The smallest absolute Gasteiger partial charge is 0.289 e. The zero-order chi connectivity index (χ0) is 16.5. The molecule has 2 N–H and O–H groups in total. The first-order valence-corrected chi connectivity index (χ1v) is 8.77. The quantitative estimate of drug-likeness (QED) is 0.634. The molecule has 1 aromatic carbocycles. The van der Waals surface area contributed by atoms with Gasteiger partial charge in [0.2, 0.25) is 10.0 Å². The van der Waals surface area contributed by atoms with Crippen molar-refractivity contribution in [3.8, 4) is 0 Å². The Hall–Kier alpha value is -0.930. The van der Waals surface area contributed by atoms with Gasteiger partial charge in [-0.15, -0.1) is 12.4 Å². The van der Waals surface area contributed by atoms with Gasteiger partial charge >= 0.3 is 0 Å². The standard InChI is InChI=1S/C13H18ClN3O4S.ClH/c1-9-6-11(17(18)19)13(14)12(7-9)22(20,21)16-5-3-2-4-10(16)8-15;/h6-7,10H,2-5,8,15H2,1H3;1H. The van der Waals surface area contributed by atoms with Crippen LogP contribution in [0.15, 0.2) is 17.0 Å². The summed E-state index contributed by atoms with van der Waals surface area (Å²) in [4.78, 5) is 10.1. The summed E-state index contributed by atoms with van der Waals surface area (Å²) in [5.41, 5.74) is 5.73. The molecule has 0 radical (unpaired) electrons. The molecule has 1 aliphatic heterocycles. The van der Waals surface area contributed by atoms with Gasteiger partial charge in [-0.05, 0) is 31.4 Å². The number of nitro groups is 1. The lowest BCUT2D eigenvalue weighted by Crippen LogP contribution is -2.47. The molecule has 23 heavy (non-hydrogen) atoms. The summed E-state index contributed by atoms with van der Waals surface area (Å²) < 4.78 is 27.1. The molecule has 1 aromatic rings. The highest BCUT2D eigenvalue weighted by Gasteiger charge is 2.36. The average molecular weight is 384 g/mol. The van der Waals surface area contributed by atoms with Crippen LogP contribution in [-0.4, -0.2) is 36.8 Å². The van der Waals surface area contributed by atoms with E-state index < -0.39 is 20.6 Å². The van der Waals surface area contributed by atoms with Gasteiger partial charge < -0.3 is 5.73 Å². The molecule has 0 amide bonds. The van der Waals surface area contributed by atoms with E-state index in [0.29, 0.717) is 18.5 Å². The van der Waals surface area contributed by atoms with Crippen LogP contribution in [0.1, 0.15) is 24.8 Å². The van der Waals surface area contributed by atoms with Crippen molar-refractivity contribution in [1.82, 2.24) is 4.31 Å². The molecular formula is C13H19Cl2N3O4S. The zero-order valence-corrected chi connectivity index (χ0v) is 15.0. The Kier molecular flexibility index (Phi) is 6.79. The van der Waals surface area contributed by atoms with Crippen LogP contribution >= 0.6 is 24.0 Å². The maximum Gasteiger partial charge on any atom is 0.289 e. The lowest BCUT2D eigenvalue weighted by Gasteiger charge is -2.34. The molecule has 1 unspecified atom stereocenters. The number of rotatable bonds is 4. The molecule has 1 aliphatic rings. The van der Waals surface area contributed by atoms with Gasteiger partial charge in [-0.1, -0.05) is 18.0 Å². The van der Waals surface area contributed by atoms with Gasteiger partial charge in [0.15, 0.2) is 0 Å². The fraction of sp³-hybridized carbons (Fsp3) is 0.538. The molecule has 130 valence electrons. The highest BCUT2D eigenvalue weighted by Crippen LogP contribution is 2.35. The molecule has 1 fully saturated rings. The number of nitrogens with two attached hydrogens (primary N) is 1. The summed E-state index contributed by atoms with van der Waals surface area (Å²) in [5.74, 6) is 0. The minimum atomic E-state index is -3.92. The number of hydrogen-bond donors (Lipinski definition) is 1. The first-order valence-electron chi connectivity index (χ1n) is 6.95. The van der Waals surface area contributed by atoms with Crippen molar-refractivity contribution < 1.29 is 13.3 Å². The van der Waals surface area contributed by atoms with Crippen LogP contribution in [0.4, 0.5) is 5.69 Å². The Labute approximate surface area is 146 Å². The Morgan fingerprint density at radius 2 is 2.09 bits per heavy atom. The summed E-state index contributed by atoms with van der Waals surface area (Å²) >= 11 is 5.99. The fourth-order valence-electron chi connectivity index (χ4n) is 2.69. The molecule has 7 nitrogen and oxygen atoms in total. The third-order valence-corrected chi connectivity index (χ3v) is 6.28. The van der Waals surface area contributed by atoms with E-state index in [0.717, 1.165) is 12.8 Å². The maximum absolute atomic E-state index is 12.9. The van der Waals surface area contributed by atoms with Gasteiger partial charge in [-0.25, -0.2) is 8.42 Å². The molecule has 0 aliphatic carbocycles. The van der Waals surface area contributed by atoms with Crippen LogP contribution in [0.2, 0.25) is 5.02 Å². The van der Waals surface area contributed by atoms with Crippen LogP contribution in [0.5, 0.6) is 0 Å². The van der Waals surface area contributed by atoms with Crippen molar-refractivity contribution in [3.05, 3.63) is 32.8 Å². The number of sulfonamides is 1. The van der Waals surface area contributed by atoms with E-state index in [9.17, 15) is 18.5 Å². The van der Waals surface area contributed by atoms with Crippen LogP contribution in [0.25, 0.3) is 0 Å². The first kappa shape index (κ1) is 20.1. The van der Waals surface area contributed by atoms with Crippen LogP contribution in [-0.2, 0) is 10.0 Å². The minimum Gasteiger partial charge on any atom is -0.329 e. The maximum atomic E-state index is 12.9. The lowest BCUT2D eigenvalue weighted by molar-refractivity contribution is -0.385. The fourth-order valence-corrected chi connectivity index (χ4v) is 5.03. The van der Waals surface area contributed by atoms with Crippen molar-refractivity contribution in [1.29, 1.82) is 0 Å². The highest BCUT2D eigenvalue weighted by molar-refractivity contribution is 7.89. The summed E-state index contributed by atoms with van der Waals surface area (Å²) in [7, 11) is -3.92. The van der Waals surface area contributed by atoms with Gasteiger partial charge in [0.1, 0.15) is 9.92 Å². The second-order valence-electron chi connectivity index (χ2n) is 5.35. The SMILES string of the molecule is Cc1cc([N+](=O)[O-])c(Cl)c(S(=O)(=O)N2CCCCC2CN)c1.Cl. The topological polar surface area (TPSA) is 107 Å². The lowest BCUT2D eigenvalue weighted by atomic mass is 10.1. The molecule has 0 saturated carbocycles. The number of nitro benzene ring substituents is 1. The molecule has 1 heterocycles. The van der Waals surface area contributed by atoms with Gasteiger partial charge in [-0.3, -0.25) is 10.1 Å². The van der Waals surface area contributed by atoms with E-state index in [-0.39, 0.29) is 34.9 Å². The van der Waals surface area contributed by atoms with Crippen molar-refractivity contribution in [2.45, 2.75) is 37.1 Å². The minimum absolute atomic E-state index is 0. The number of piperidine rings is 1. The molecule has 2 rings (SSSR count). The van der Waals surface area contributed by atoms with E-state index in [1.165, 1.54) is 16.4 Å². The third kappa shape index (κ3) is 3.95.